The molecule has 138 valence electrons. The molecule has 1 aromatic heterocycles. The summed E-state index contributed by atoms with van der Waals surface area (Å²) in [5.74, 6) is 0.0620. The number of carbonyl (C=O) groups is 1. The van der Waals surface area contributed by atoms with Gasteiger partial charge in [-0.05, 0) is 38.8 Å². The Morgan fingerprint density at radius 2 is 1.92 bits per heavy atom. The van der Waals surface area contributed by atoms with Gasteiger partial charge in [0.05, 0.1) is 23.4 Å². The zero-order chi connectivity index (χ0) is 18.6. The molecule has 4 nitrogen and oxygen atoms in total. The zero-order valence-electron chi connectivity index (χ0n) is 15.3. The molecule has 1 saturated carbocycles. The first-order valence-electron chi connectivity index (χ1n) is 9.24. The van der Waals surface area contributed by atoms with E-state index >= 15 is 0 Å². The average Bonchev–Trinajstić information content (AvgIpc) is 2.65. The number of ether oxygens (including phenoxy) is 1. The molecule has 0 unspecified atom stereocenters. The van der Waals surface area contributed by atoms with Gasteiger partial charge >= 0.3 is 0 Å². The Balaban J connectivity index is 1.91. The van der Waals surface area contributed by atoms with Gasteiger partial charge in [-0.2, -0.15) is 0 Å². The molecule has 1 amide bonds. The van der Waals surface area contributed by atoms with E-state index in [9.17, 15) is 9.18 Å². The van der Waals surface area contributed by atoms with E-state index in [1.54, 1.807) is 30.3 Å². The minimum absolute atomic E-state index is 0.156. The number of carbonyl (C=O) groups excluding carboxylic acids is 1. The van der Waals surface area contributed by atoms with Crippen LogP contribution < -0.4 is 10.1 Å². The van der Waals surface area contributed by atoms with Gasteiger partial charge in [0.25, 0.3) is 0 Å². The summed E-state index contributed by atoms with van der Waals surface area (Å²) in [5.41, 5.74) is 0.992. The number of aromatic nitrogens is 1. The average molecular weight is 356 g/mol. The van der Waals surface area contributed by atoms with Crippen LogP contribution in [0.15, 0.2) is 36.4 Å². The number of pyridine rings is 1. The van der Waals surface area contributed by atoms with Crippen molar-refractivity contribution in [3.8, 4) is 5.88 Å². The first kappa shape index (κ1) is 18.4. The van der Waals surface area contributed by atoms with Crippen molar-refractivity contribution >= 4 is 11.6 Å². The van der Waals surface area contributed by atoms with Crippen LogP contribution >= 0.6 is 0 Å². The molecule has 1 aliphatic carbocycles. The summed E-state index contributed by atoms with van der Waals surface area (Å²) in [5, 5.41) is 2.99. The number of benzene rings is 1. The number of nitrogens with one attached hydrogen (secondary N) is 1. The van der Waals surface area contributed by atoms with Crippen molar-refractivity contribution in [2.24, 2.45) is 0 Å². The Morgan fingerprint density at radius 3 is 2.58 bits per heavy atom. The fraction of sp³-hybridized carbons (Fsp3) is 0.429. The standard InChI is InChI=1S/C21H25FN2O2/c1-3-26-19-12-11-18(15(2)23-19)24-20(25)21(13-7-4-8-14-21)16-9-5-6-10-17(16)22/h5-6,9-12H,3-4,7-8,13-14H2,1-2H3,(H,24,25). The maximum Gasteiger partial charge on any atom is 0.235 e. The molecule has 0 bridgehead atoms. The lowest BCUT2D eigenvalue weighted by molar-refractivity contribution is -0.122. The molecule has 1 aromatic carbocycles. The Morgan fingerprint density at radius 1 is 1.19 bits per heavy atom. The minimum atomic E-state index is -0.825. The number of halogens is 1. The van der Waals surface area contributed by atoms with Crippen LogP contribution in [-0.4, -0.2) is 17.5 Å². The maximum atomic E-state index is 14.5. The Hall–Kier alpha value is -2.43. The summed E-state index contributed by atoms with van der Waals surface area (Å²) in [6, 6.07) is 10.2. The molecule has 26 heavy (non-hydrogen) atoms. The van der Waals surface area contributed by atoms with E-state index in [1.165, 1.54) is 6.07 Å². The molecule has 0 aliphatic heterocycles. The first-order chi connectivity index (χ1) is 12.6. The minimum Gasteiger partial charge on any atom is -0.478 e. The molecule has 1 heterocycles. The van der Waals surface area contributed by atoms with Gasteiger partial charge < -0.3 is 10.1 Å². The van der Waals surface area contributed by atoms with E-state index in [2.05, 4.69) is 10.3 Å². The van der Waals surface area contributed by atoms with Crippen LogP contribution in [0.4, 0.5) is 10.1 Å². The number of amides is 1. The number of nitrogens with zero attached hydrogens (tertiary/aromatic N) is 1. The Bertz CT molecular complexity index is 785. The normalized spacial score (nSPS) is 16.1. The lowest BCUT2D eigenvalue weighted by Crippen LogP contribution is -2.42. The van der Waals surface area contributed by atoms with Gasteiger partial charge in [0, 0.05) is 11.6 Å². The highest BCUT2D eigenvalue weighted by Gasteiger charge is 2.43. The lowest BCUT2D eigenvalue weighted by Gasteiger charge is -2.36. The largest absolute Gasteiger partial charge is 0.478 e. The summed E-state index contributed by atoms with van der Waals surface area (Å²) in [6.07, 6.45) is 4.23. The van der Waals surface area contributed by atoms with Gasteiger partial charge in [-0.15, -0.1) is 0 Å². The van der Waals surface area contributed by atoms with Crippen LogP contribution in [0.25, 0.3) is 0 Å². The summed E-state index contributed by atoms with van der Waals surface area (Å²) in [4.78, 5) is 17.6. The van der Waals surface area contributed by atoms with E-state index in [4.69, 9.17) is 4.74 Å². The smallest absolute Gasteiger partial charge is 0.235 e. The van der Waals surface area contributed by atoms with Crippen molar-refractivity contribution in [2.45, 2.75) is 51.4 Å². The predicted octanol–water partition coefficient (Wildman–Crippen LogP) is 4.77. The number of anilines is 1. The summed E-state index contributed by atoms with van der Waals surface area (Å²) in [7, 11) is 0. The van der Waals surface area contributed by atoms with Crippen LogP contribution in [0.5, 0.6) is 5.88 Å². The Labute approximate surface area is 153 Å². The van der Waals surface area contributed by atoms with E-state index in [1.807, 2.05) is 13.8 Å². The highest BCUT2D eigenvalue weighted by molar-refractivity contribution is 5.99. The molecule has 0 saturated heterocycles. The molecule has 0 radical (unpaired) electrons. The van der Waals surface area contributed by atoms with E-state index in [0.717, 1.165) is 19.3 Å². The van der Waals surface area contributed by atoms with Crippen molar-refractivity contribution in [3.63, 3.8) is 0 Å². The maximum absolute atomic E-state index is 14.5. The quantitative estimate of drug-likeness (QED) is 0.840. The van der Waals surface area contributed by atoms with E-state index in [0.29, 0.717) is 42.3 Å². The van der Waals surface area contributed by atoms with Crippen LogP contribution in [0.1, 0.15) is 50.3 Å². The Kier molecular flexibility index (Phi) is 5.55. The van der Waals surface area contributed by atoms with E-state index in [-0.39, 0.29) is 11.7 Å². The number of hydrogen-bond acceptors (Lipinski definition) is 3. The first-order valence-corrected chi connectivity index (χ1v) is 9.24. The highest BCUT2D eigenvalue weighted by Crippen LogP contribution is 2.41. The second-order valence-electron chi connectivity index (χ2n) is 6.79. The molecule has 1 N–H and O–H groups in total. The van der Waals surface area contributed by atoms with Gasteiger partial charge in [0.1, 0.15) is 5.82 Å². The van der Waals surface area contributed by atoms with Gasteiger partial charge in [0.2, 0.25) is 11.8 Å². The van der Waals surface area contributed by atoms with E-state index < -0.39 is 5.41 Å². The second kappa shape index (κ2) is 7.85. The van der Waals surface area contributed by atoms with Gasteiger partial charge in [-0.25, -0.2) is 9.37 Å². The van der Waals surface area contributed by atoms with Crippen LogP contribution in [0.3, 0.4) is 0 Å². The molecule has 1 aliphatic rings. The van der Waals surface area contributed by atoms with Crippen molar-refractivity contribution < 1.29 is 13.9 Å². The number of hydrogen-bond donors (Lipinski definition) is 1. The van der Waals surface area contributed by atoms with Gasteiger partial charge in [-0.3, -0.25) is 4.79 Å². The zero-order valence-corrected chi connectivity index (χ0v) is 15.3. The predicted molar refractivity (Wildman–Crippen MR) is 99.9 cm³/mol. The molecule has 0 spiro atoms. The van der Waals surface area contributed by atoms with Crippen molar-refractivity contribution in [3.05, 3.63) is 53.5 Å². The number of aryl methyl sites for hydroxylation is 1. The van der Waals surface area contributed by atoms with Crippen LogP contribution in [0, 0.1) is 12.7 Å². The highest BCUT2D eigenvalue weighted by atomic mass is 19.1. The van der Waals surface area contributed by atoms with Crippen LogP contribution in [-0.2, 0) is 10.2 Å². The topological polar surface area (TPSA) is 51.2 Å². The van der Waals surface area contributed by atoms with Gasteiger partial charge in [0.15, 0.2) is 0 Å². The lowest BCUT2D eigenvalue weighted by atomic mass is 9.68. The second-order valence-corrected chi connectivity index (χ2v) is 6.79. The molecule has 1 fully saturated rings. The summed E-state index contributed by atoms with van der Waals surface area (Å²) >= 11 is 0. The molecular weight excluding hydrogens is 331 g/mol. The third-order valence-electron chi connectivity index (χ3n) is 5.13. The third-order valence-corrected chi connectivity index (χ3v) is 5.13. The third kappa shape index (κ3) is 3.57. The van der Waals surface area contributed by atoms with Crippen LogP contribution in [0.2, 0.25) is 0 Å². The fourth-order valence-corrected chi connectivity index (χ4v) is 3.76. The van der Waals surface area contributed by atoms with Crippen molar-refractivity contribution in [1.29, 1.82) is 0 Å². The summed E-state index contributed by atoms with van der Waals surface area (Å²) < 4.78 is 19.9. The molecular formula is C21H25FN2O2. The molecule has 5 heteroatoms. The molecule has 3 rings (SSSR count). The number of rotatable bonds is 5. The fourth-order valence-electron chi connectivity index (χ4n) is 3.76. The van der Waals surface area contributed by atoms with Crippen molar-refractivity contribution in [2.75, 3.05) is 11.9 Å². The molecule has 0 atom stereocenters. The van der Waals surface area contributed by atoms with Gasteiger partial charge in [-0.1, -0.05) is 37.5 Å². The van der Waals surface area contributed by atoms with Crippen molar-refractivity contribution in [1.82, 2.24) is 4.98 Å². The monoisotopic (exact) mass is 356 g/mol. The SMILES string of the molecule is CCOc1ccc(NC(=O)C2(c3ccccc3F)CCCCC2)c(C)n1. The summed E-state index contributed by atoms with van der Waals surface area (Å²) in [6.45, 7) is 4.26. The molecule has 2 aromatic rings.